The molecule has 1 aliphatic heterocycles. The van der Waals surface area contributed by atoms with Gasteiger partial charge < -0.3 is 10.1 Å². The van der Waals surface area contributed by atoms with Crippen molar-refractivity contribution in [3.05, 3.63) is 63.4 Å². The summed E-state index contributed by atoms with van der Waals surface area (Å²) < 4.78 is 5.92. The second kappa shape index (κ2) is 13.3. The molecule has 2 heterocycles. The van der Waals surface area contributed by atoms with Gasteiger partial charge in [-0.1, -0.05) is 55.1 Å². The predicted octanol–water partition coefficient (Wildman–Crippen LogP) is 5.82. The molecule has 3 rings (SSSR count). The third kappa shape index (κ3) is 7.73. The maximum absolute atomic E-state index is 12.9. The third-order valence-electron chi connectivity index (χ3n) is 5.78. The Morgan fingerprint density at radius 2 is 1.94 bits per heavy atom. The van der Waals surface area contributed by atoms with Crippen LogP contribution in [-0.2, 0) is 4.79 Å². The van der Waals surface area contributed by atoms with E-state index in [1.165, 1.54) is 25.3 Å². The van der Waals surface area contributed by atoms with Crippen LogP contribution in [0.2, 0.25) is 10.2 Å². The van der Waals surface area contributed by atoms with Crippen molar-refractivity contribution in [1.29, 1.82) is 5.26 Å². The first-order valence-electron chi connectivity index (χ1n) is 11.7. The monoisotopic (exact) mass is 500 g/mol. The smallest absolute Gasteiger partial charge is 0.262 e. The van der Waals surface area contributed by atoms with Crippen LogP contribution in [0.25, 0.3) is 6.08 Å². The van der Waals surface area contributed by atoms with Crippen LogP contribution >= 0.6 is 23.2 Å². The first-order valence-corrected chi connectivity index (χ1v) is 12.5. The number of piperidine rings is 1. The van der Waals surface area contributed by atoms with E-state index in [0.717, 1.165) is 43.8 Å². The molecule has 8 heteroatoms. The summed E-state index contributed by atoms with van der Waals surface area (Å²) in [6, 6.07) is 12.6. The van der Waals surface area contributed by atoms with Crippen molar-refractivity contribution >= 4 is 35.2 Å². The molecule has 2 aromatic rings. The Morgan fingerprint density at radius 1 is 1.21 bits per heavy atom. The number of rotatable bonds is 10. The number of likely N-dealkylation sites (tertiary alicyclic amines) is 1. The molecule has 0 aliphatic carbocycles. The fourth-order valence-corrected chi connectivity index (χ4v) is 4.25. The van der Waals surface area contributed by atoms with E-state index in [9.17, 15) is 10.1 Å². The van der Waals surface area contributed by atoms with Crippen molar-refractivity contribution in [2.45, 2.75) is 45.1 Å². The Kier molecular flexibility index (Phi) is 10.2. The quantitative estimate of drug-likeness (QED) is 0.252. The molecule has 1 unspecified atom stereocenters. The van der Waals surface area contributed by atoms with Gasteiger partial charge in [0, 0.05) is 6.54 Å². The van der Waals surface area contributed by atoms with E-state index in [4.69, 9.17) is 27.9 Å². The van der Waals surface area contributed by atoms with Crippen LogP contribution in [0.5, 0.6) is 5.75 Å². The first kappa shape index (κ1) is 26.0. The van der Waals surface area contributed by atoms with Crippen molar-refractivity contribution in [3.63, 3.8) is 0 Å². The molecule has 1 N–H and O–H groups in total. The molecule has 1 aliphatic rings. The lowest BCUT2D eigenvalue weighted by atomic mass is 10.0. The highest BCUT2D eigenvalue weighted by atomic mass is 35.5. The number of halogens is 2. The molecule has 1 fully saturated rings. The molecule has 0 saturated carbocycles. The van der Waals surface area contributed by atoms with Gasteiger partial charge in [-0.2, -0.15) is 5.26 Å². The summed E-state index contributed by atoms with van der Waals surface area (Å²) in [6.45, 7) is 5.95. The van der Waals surface area contributed by atoms with Gasteiger partial charge in [-0.25, -0.2) is 4.98 Å². The number of carbonyl (C=O) groups is 1. The number of nitrogens with one attached hydrogen (secondary N) is 1. The summed E-state index contributed by atoms with van der Waals surface area (Å²) in [7, 11) is 0. The van der Waals surface area contributed by atoms with Gasteiger partial charge in [0.25, 0.3) is 5.91 Å². The topological polar surface area (TPSA) is 78.2 Å². The fraction of sp³-hybridized carbons (Fsp3) is 0.423. The molecule has 180 valence electrons. The van der Waals surface area contributed by atoms with Gasteiger partial charge in [0.2, 0.25) is 0 Å². The molecular weight excluding hydrogens is 471 g/mol. The number of ether oxygens (including phenoxy) is 1. The van der Waals surface area contributed by atoms with Gasteiger partial charge >= 0.3 is 0 Å². The van der Waals surface area contributed by atoms with Gasteiger partial charge in [-0.3, -0.25) is 9.69 Å². The Balaban J connectivity index is 1.63. The van der Waals surface area contributed by atoms with Crippen molar-refractivity contribution < 1.29 is 9.53 Å². The van der Waals surface area contributed by atoms with Gasteiger partial charge in [0.05, 0.1) is 16.8 Å². The number of benzene rings is 1. The number of amides is 1. The lowest BCUT2D eigenvalue weighted by molar-refractivity contribution is -0.117. The molecule has 0 bridgehead atoms. The highest BCUT2D eigenvalue weighted by Crippen LogP contribution is 2.23. The van der Waals surface area contributed by atoms with Crippen molar-refractivity contribution in [2.24, 2.45) is 0 Å². The zero-order valence-corrected chi connectivity index (χ0v) is 20.9. The van der Waals surface area contributed by atoms with Gasteiger partial charge in [0.1, 0.15) is 29.2 Å². The summed E-state index contributed by atoms with van der Waals surface area (Å²) in [5.41, 5.74) is 1.14. The Labute approximate surface area is 211 Å². The largest absolute Gasteiger partial charge is 0.492 e. The molecule has 1 amide bonds. The molecule has 0 spiro atoms. The van der Waals surface area contributed by atoms with Gasteiger partial charge in [0.15, 0.2) is 0 Å². The molecule has 34 heavy (non-hydrogen) atoms. The molecule has 1 saturated heterocycles. The normalized spacial score (nSPS) is 15.4. The molecule has 6 nitrogen and oxygen atoms in total. The third-order valence-corrected chi connectivity index (χ3v) is 6.31. The second-order valence-corrected chi connectivity index (χ2v) is 9.10. The standard InChI is InChI=1S/C26H30Cl2N4O2/c1-2-6-23(31-26(33)20(18-29)17-24-22(27)11-12-25(28)30-24)19-7-9-21(10-8-19)34-16-15-32-13-4-3-5-14-32/h7-12,17,23H,2-6,13-16H2,1H3,(H,31,33). The molecule has 1 aromatic carbocycles. The summed E-state index contributed by atoms with van der Waals surface area (Å²) in [5.74, 6) is 0.322. The second-order valence-electron chi connectivity index (χ2n) is 8.31. The van der Waals surface area contributed by atoms with Gasteiger partial charge in [-0.15, -0.1) is 0 Å². The summed E-state index contributed by atoms with van der Waals surface area (Å²) in [4.78, 5) is 19.4. The molecule has 1 atom stereocenters. The summed E-state index contributed by atoms with van der Waals surface area (Å²) >= 11 is 12.0. The highest BCUT2D eigenvalue weighted by molar-refractivity contribution is 6.33. The fourth-order valence-electron chi connectivity index (χ4n) is 3.94. The van der Waals surface area contributed by atoms with E-state index in [1.54, 1.807) is 12.1 Å². The van der Waals surface area contributed by atoms with Crippen LogP contribution in [0, 0.1) is 11.3 Å². The SMILES string of the molecule is CCCC(NC(=O)C(C#N)=Cc1nc(Cl)ccc1Cl)c1ccc(OCCN2CCCCC2)cc1. The molecular formula is C26H30Cl2N4O2. The first-order chi connectivity index (χ1) is 16.5. The van der Waals surface area contributed by atoms with E-state index < -0.39 is 5.91 Å². The lowest BCUT2D eigenvalue weighted by Crippen LogP contribution is -2.33. The Bertz CT molecular complexity index is 1030. The maximum Gasteiger partial charge on any atom is 0.262 e. The van der Waals surface area contributed by atoms with Crippen LogP contribution in [0.15, 0.2) is 42.0 Å². The number of hydrogen-bond acceptors (Lipinski definition) is 5. The minimum atomic E-state index is -0.486. The number of nitrogens with zero attached hydrogens (tertiary/aromatic N) is 3. The minimum absolute atomic E-state index is 0.0876. The van der Waals surface area contributed by atoms with Crippen LogP contribution in [-0.4, -0.2) is 42.0 Å². The van der Waals surface area contributed by atoms with Crippen LogP contribution in [0.3, 0.4) is 0 Å². The minimum Gasteiger partial charge on any atom is -0.492 e. The van der Waals surface area contributed by atoms with Crippen LogP contribution < -0.4 is 10.1 Å². The highest BCUT2D eigenvalue weighted by Gasteiger charge is 2.18. The molecule has 1 aromatic heterocycles. The van der Waals surface area contributed by atoms with Crippen molar-refractivity contribution in [1.82, 2.24) is 15.2 Å². The average Bonchev–Trinajstić information content (AvgIpc) is 2.85. The summed E-state index contributed by atoms with van der Waals surface area (Å²) in [6.07, 6.45) is 6.81. The number of pyridine rings is 1. The number of hydrogen-bond donors (Lipinski definition) is 1. The van der Waals surface area contributed by atoms with E-state index in [-0.39, 0.29) is 22.5 Å². The molecule has 0 radical (unpaired) electrons. The zero-order chi connectivity index (χ0) is 24.3. The predicted molar refractivity (Wildman–Crippen MR) is 136 cm³/mol. The van der Waals surface area contributed by atoms with Crippen LogP contribution in [0.1, 0.15) is 56.3 Å². The lowest BCUT2D eigenvalue weighted by Gasteiger charge is -2.26. The Morgan fingerprint density at radius 3 is 2.62 bits per heavy atom. The van der Waals surface area contributed by atoms with Crippen molar-refractivity contribution in [3.8, 4) is 11.8 Å². The Hall–Kier alpha value is -2.59. The number of aromatic nitrogens is 1. The van der Waals surface area contributed by atoms with Gasteiger partial charge in [-0.05, 0) is 68.3 Å². The van der Waals surface area contributed by atoms with E-state index >= 15 is 0 Å². The number of nitriles is 1. The average molecular weight is 501 g/mol. The number of carbonyl (C=O) groups excluding carboxylic acids is 1. The van der Waals surface area contributed by atoms with Crippen molar-refractivity contribution in [2.75, 3.05) is 26.2 Å². The summed E-state index contributed by atoms with van der Waals surface area (Å²) in [5, 5.41) is 13.0. The van der Waals surface area contributed by atoms with E-state index in [0.29, 0.717) is 11.6 Å². The van der Waals surface area contributed by atoms with Crippen LogP contribution in [0.4, 0.5) is 0 Å². The maximum atomic E-state index is 12.9. The van der Waals surface area contributed by atoms with E-state index in [2.05, 4.69) is 15.2 Å². The zero-order valence-electron chi connectivity index (χ0n) is 19.4. The van der Waals surface area contributed by atoms with E-state index in [1.807, 2.05) is 37.3 Å².